The molecule has 1 aliphatic heterocycles. The van der Waals surface area contributed by atoms with E-state index in [1.807, 2.05) is 18.4 Å². The van der Waals surface area contributed by atoms with Gasteiger partial charge in [-0.3, -0.25) is 9.69 Å². The Morgan fingerprint density at radius 3 is 2.54 bits per heavy atom. The second-order valence-electron chi connectivity index (χ2n) is 7.01. The summed E-state index contributed by atoms with van der Waals surface area (Å²) in [5.74, 6) is 0. The molecule has 2 heterocycles. The van der Waals surface area contributed by atoms with Crippen LogP contribution in [0.3, 0.4) is 0 Å². The topological polar surface area (TPSA) is 23.6 Å². The van der Waals surface area contributed by atoms with Crippen LogP contribution in [-0.4, -0.2) is 37.6 Å². The second kappa shape index (κ2) is 7.60. The van der Waals surface area contributed by atoms with Crippen LogP contribution in [0.5, 0.6) is 0 Å². The quantitative estimate of drug-likeness (QED) is 0.701. The number of fused-ring (bicyclic) bond motifs is 1. The molecule has 1 aromatic heterocycles. The molecule has 4 heteroatoms. The SMILES string of the molecule is Cc1ccc2scc(N3CCN(CCc4ccccc4)CC3)c(=O)c2c1. The summed E-state index contributed by atoms with van der Waals surface area (Å²) in [6.07, 6.45) is 1.09. The van der Waals surface area contributed by atoms with Crippen molar-refractivity contribution in [2.75, 3.05) is 37.6 Å². The highest BCUT2D eigenvalue weighted by Crippen LogP contribution is 2.23. The first-order valence-corrected chi connectivity index (χ1v) is 10.1. The maximum atomic E-state index is 12.9. The number of hydrogen-bond donors (Lipinski definition) is 0. The smallest absolute Gasteiger partial charge is 0.211 e. The molecule has 0 atom stereocenters. The van der Waals surface area contributed by atoms with Crippen molar-refractivity contribution in [3.63, 3.8) is 0 Å². The van der Waals surface area contributed by atoms with Gasteiger partial charge in [0.25, 0.3) is 0 Å². The molecule has 3 nitrogen and oxygen atoms in total. The first-order chi connectivity index (χ1) is 12.7. The highest BCUT2D eigenvalue weighted by atomic mass is 32.1. The Morgan fingerprint density at radius 1 is 1.00 bits per heavy atom. The summed E-state index contributed by atoms with van der Waals surface area (Å²) in [4.78, 5) is 17.7. The number of hydrogen-bond acceptors (Lipinski definition) is 4. The number of aryl methyl sites for hydroxylation is 1. The molecule has 1 aliphatic rings. The fourth-order valence-corrected chi connectivity index (χ4v) is 4.52. The fraction of sp³-hybridized carbons (Fsp3) is 0.318. The van der Waals surface area contributed by atoms with E-state index < -0.39 is 0 Å². The third kappa shape index (κ3) is 3.67. The molecule has 1 saturated heterocycles. The van der Waals surface area contributed by atoms with Gasteiger partial charge in [-0.1, -0.05) is 42.0 Å². The molecule has 0 aliphatic carbocycles. The molecule has 0 radical (unpaired) electrons. The monoisotopic (exact) mass is 364 g/mol. The van der Waals surface area contributed by atoms with Crippen LogP contribution in [0.15, 0.2) is 58.7 Å². The van der Waals surface area contributed by atoms with Gasteiger partial charge in [0.05, 0.1) is 5.69 Å². The van der Waals surface area contributed by atoms with E-state index in [0.29, 0.717) is 0 Å². The summed E-state index contributed by atoms with van der Waals surface area (Å²) in [6.45, 7) is 7.01. The maximum absolute atomic E-state index is 12.9. The fourth-order valence-electron chi connectivity index (χ4n) is 3.60. The maximum Gasteiger partial charge on any atom is 0.211 e. The lowest BCUT2D eigenvalue weighted by atomic mass is 10.1. The Hall–Kier alpha value is -2.17. The predicted octanol–water partition coefficient (Wildman–Crippen LogP) is 3.93. The molecule has 0 N–H and O–H groups in total. The van der Waals surface area contributed by atoms with Crippen LogP contribution in [0.4, 0.5) is 5.69 Å². The molecular weight excluding hydrogens is 340 g/mol. The molecule has 4 rings (SSSR count). The van der Waals surface area contributed by atoms with Crippen molar-refractivity contribution < 1.29 is 0 Å². The minimum absolute atomic E-state index is 0.181. The summed E-state index contributed by atoms with van der Waals surface area (Å²) in [5.41, 5.74) is 3.59. The van der Waals surface area contributed by atoms with Gasteiger partial charge in [-0.2, -0.15) is 0 Å². The molecular formula is C22H24N2OS. The van der Waals surface area contributed by atoms with Gasteiger partial charge in [-0.15, -0.1) is 11.3 Å². The molecule has 0 unspecified atom stereocenters. The molecule has 134 valence electrons. The molecule has 0 spiro atoms. The Balaban J connectivity index is 1.42. The van der Waals surface area contributed by atoms with E-state index in [-0.39, 0.29) is 5.43 Å². The average molecular weight is 365 g/mol. The van der Waals surface area contributed by atoms with E-state index in [9.17, 15) is 4.79 Å². The van der Waals surface area contributed by atoms with Gasteiger partial charge in [0, 0.05) is 48.2 Å². The number of rotatable bonds is 4. The van der Waals surface area contributed by atoms with E-state index >= 15 is 0 Å². The van der Waals surface area contributed by atoms with Crippen LogP contribution in [0.2, 0.25) is 0 Å². The summed E-state index contributed by atoms with van der Waals surface area (Å²) in [7, 11) is 0. The van der Waals surface area contributed by atoms with Crippen molar-refractivity contribution in [3.05, 3.63) is 75.3 Å². The summed E-state index contributed by atoms with van der Waals surface area (Å²) < 4.78 is 1.07. The Bertz CT molecular complexity index is 943. The van der Waals surface area contributed by atoms with Crippen molar-refractivity contribution in [3.8, 4) is 0 Å². The van der Waals surface area contributed by atoms with Crippen molar-refractivity contribution in [2.45, 2.75) is 13.3 Å². The second-order valence-corrected chi connectivity index (χ2v) is 7.93. The zero-order valence-corrected chi connectivity index (χ0v) is 16.0. The first-order valence-electron chi connectivity index (χ1n) is 9.24. The molecule has 0 saturated carbocycles. The van der Waals surface area contributed by atoms with Crippen LogP contribution >= 0.6 is 11.3 Å². The van der Waals surface area contributed by atoms with Crippen molar-refractivity contribution in [1.82, 2.24) is 4.90 Å². The number of benzene rings is 2. The molecule has 26 heavy (non-hydrogen) atoms. The van der Waals surface area contributed by atoms with E-state index in [4.69, 9.17) is 0 Å². The van der Waals surface area contributed by atoms with Gasteiger partial charge < -0.3 is 4.90 Å². The van der Waals surface area contributed by atoms with Gasteiger partial charge in [0.2, 0.25) is 5.43 Å². The highest BCUT2D eigenvalue weighted by Gasteiger charge is 2.19. The highest BCUT2D eigenvalue weighted by molar-refractivity contribution is 7.16. The normalized spacial score (nSPS) is 15.5. The van der Waals surface area contributed by atoms with Crippen molar-refractivity contribution in [2.24, 2.45) is 0 Å². The van der Waals surface area contributed by atoms with Gasteiger partial charge >= 0.3 is 0 Å². The summed E-state index contributed by atoms with van der Waals surface area (Å²) >= 11 is 1.67. The molecule has 2 aromatic carbocycles. The lowest BCUT2D eigenvalue weighted by molar-refractivity contribution is 0.261. The third-order valence-corrected chi connectivity index (χ3v) is 6.13. The van der Waals surface area contributed by atoms with Gasteiger partial charge in [-0.05, 0) is 31.0 Å². The molecule has 3 aromatic rings. The van der Waals surface area contributed by atoms with Gasteiger partial charge in [0.15, 0.2) is 0 Å². The Morgan fingerprint density at radius 2 is 1.77 bits per heavy atom. The molecule has 0 amide bonds. The number of nitrogens with zero attached hydrogens (tertiary/aromatic N) is 2. The van der Waals surface area contributed by atoms with Crippen LogP contribution in [-0.2, 0) is 6.42 Å². The Labute approximate surface area is 158 Å². The first kappa shape index (κ1) is 17.3. The van der Waals surface area contributed by atoms with E-state index in [0.717, 1.165) is 60.5 Å². The largest absolute Gasteiger partial charge is 0.365 e. The lowest BCUT2D eigenvalue weighted by Gasteiger charge is -2.35. The minimum Gasteiger partial charge on any atom is -0.365 e. The lowest BCUT2D eigenvalue weighted by Crippen LogP contribution is -2.48. The van der Waals surface area contributed by atoms with Crippen molar-refractivity contribution >= 4 is 27.1 Å². The average Bonchev–Trinajstić information content (AvgIpc) is 2.68. The van der Waals surface area contributed by atoms with Gasteiger partial charge in [-0.25, -0.2) is 0 Å². The predicted molar refractivity (Wildman–Crippen MR) is 112 cm³/mol. The summed E-state index contributed by atoms with van der Waals surface area (Å²) in [5, 5.41) is 2.90. The van der Waals surface area contributed by atoms with Crippen LogP contribution in [0, 0.1) is 6.92 Å². The van der Waals surface area contributed by atoms with Crippen LogP contribution < -0.4 is 10.3 Å². The number of piperazine rings is 1. The molecule has 0 bridgehead atoms. The molecule has 1 fully saturated rings. The van der Waals surface area contributed by atoms with Crippen LogP contribution in [0.25, 0.3) is 10.1 Å². The summed E-state index contributed by atoms with van der Waals surface area (Å²) in [6, 6.07) is 16.8. The standard InChI is InChI=1S/C22H24N2OS/c1-17-7-8-21-19(15-17)22(25)20(16-26-21)24-13-11-23(12-14-24)10-9-18-5-3-2-4-6-18/h2-8,15-16H,9-14H2,1H3. The third-order valence-electron chi connectivity index (χ3n) is 5.18. The zero-order chi connectivity index (χ0) is 17.9. The minimum atomic E-state index is 0.181. The van der Waals surface area contributed by atoms with E-state index in [2.05, 4.69) is 52.3 Å². The van der Waals surface area contributed by atoms with Gasteiger partial charge in [0.1, 0.15) is 0 Å². The van der Waals surface area contributed by atoms with E-state index in [1.165, 1.54) is 5.56 Å². The van der Waals surface area contributed by atoms with E-state index in [1.54, 1.807) is 11.3 Å². The zero-order valence-electron chi connectivity index (χ0n) is 15.1. The number of anilines is 1. The Kier molecular flexibility index (Phi) is 5.05. The van der Waals surface area contributed by atoms with Crippen molar-refractivity contribution in [1.29, 1.82) is 0 Å². The van der Waals surface area contributed by atoms with Crippen LogP contribution in [0.1, 0.15) is 11.1 Å².